The fraction of sp³-hybridized carbons (Fsp3) is 0.400. The average molecular weight is 248 g/mol. The Morgan fingerprint density at radius 3 is 2.33 bits per heavy atom. The molecule has 0 amide bonds. The maximum Gasteiger partial charge on any atom is 0.0923 e. The SMILES string of the molecule is CC.CCc1cccc(-c2ccn(C)n2)c1.CO. The highest BCUT2D eigenvalue weighted by atomic mass is 16.2. The predicted molar refractivity (Wildman–Crippen MR) is 77.5 cm³/mol. The molecule has 18 heavy (non-hydrogen) atoms. The Morgan fingerprint density at radius 1 is 1.17 bits per heavy atom. The van der Waals surface area contributed by atoms with Gasteiger partial charge in [-0.2, -0.15) is 5.10 Å². The fourth-order valence-electron chi connectivity index (χ4n) is 1.52. The zero-order chi connectivity index (χ0) is 14.0. The lowest BCUT2D eigenvalue weighted by molar-refractivity contribution is 0.399. The zero-order valence-electron chi connectivity index (χ0n) is 12.0. The summed E-state index contributed by atoms with van der Waals surface area (Å²) in [6, 6.07) is 10.6. The second-order valence-electron chi connectivity index (χ2n) is 3.43. The maximum atomic E-state index is 7.00. The lowest BCUT2D eigenvalue weighted by Gasteiger charge is -1.99. The molecule has 0 unspecified atom stereocenters. The minimum absolute atomic E-state index is 1.00. The second-order valence-corrected chi connectivity index (χ2v) is 3.43. The summed E-state index contributed by atoms with van der Waals surface area (Å²) in [6.45, 7) is 6.16. The Hall–Kier alpha value is -1.61. The number of hydrogen-bond acceptors (Lipinski definition) is 2. The molecule has 1 aromatic carbocycles. The number of aryl methyl sites for hydroxylation is 2. The van der Waals surface area contributed by atoms with Crippen LogP contribution in [0, 0.1) is 0 Å². The summed E-state index contributed by atoms with van der Waals surface area (Å²) in [6.07, 6.45) is 3.04. The third-order valence-corrected chi connectivity index (χ3v) is 2.34. The molecule has 0 aliphatic heterocycles. The van der Waals surface area contributed by atoms with Crippen LogP contribution in [0.1, 0.15) is 26.3 Å². The highest BCUT2D eigenvalue weighted by Gasteiger charge is 2.00. The van der Waals surface area contributed by atoms with Gasteiger partial charge in [0.2, 0.25) is 0 Å². The summed E-state index contributed by atoms with van der Waals surface area (Å²) < 4.78 is 1.83. The van der Waals surface area contributed by atoms with E-state index in [0.29, 0.717) is 0 Å². The molecule has 0 spiro atoms. The van der Waals surface area contributed by atoms with E-state index in [1.807, 2.05) is 37.8 Å². The number of aliphatic hydroxyl groups excluding tert-OH is 1. The molecule has 1 heterocycles. The van der Waals surface area contributed by atoms with Crippen molar-refractivity contribution >= 4 is 0 Å². The number of benzene rings is 1. The number of nitrogens with zero attached hydrogens (tertiary/aromatic N) is 2. The molecule has 0 saturated heterocycles. The standard InChI is InChI=1S/C12H14N2.C2H6.CH4O/c1-3-10-5-4-6-11(9-10)12-7-8-14(2)13-12;2*1-2/h4-9H,3H2,1-2H3;1-2H3;2H,1H3. The van der Waals surface area contributed by atoms with E-state index in [0.717, 1.165) is 19.2 Å². The molecule has 100 valence electrons. The first-order valence-corrected chi connectivity index (χ1v) is 6.33. The van der Waals surface area contributed by atoms with Crippen LogP contribution in [-0.4, -0.2) is 22.0 Å². The van der Waals surface area contributed by atoms with Crippen LogP contribution < -0.4 is 0 Å². The molecule has 0 atom stereocenters. The van der Waals surface area contributed by atoms with Crippen molar-refractivity contribution in [2.75, 3.05) is 7.11 Å². The van der Waals surface area contributed by atoms with Crippen LogP contribution in [0.25, 0.3) is 11.3 Å². The van der Waals surface area contributed by atoms with Crippen molar-refractivity contribution in [2.45, 2.75) is 27.2 Å². The second kappa shape index (κ2) is 9.42. The number of aliphatic hydroxyl groups is 1. The van der Waals surface area contributed by atoms with Crippen molar-refractivity contribution < 1.29 is 5.11 Å². The molecular weight excluding hydrogens is 224 g/mol. The molecule has 0 saturated carbocycles. The van der Waals surface area contributed by atoms with E-state index in [9.17, 15) is 0 Å². The molecule has 0 aliphatic rings. The van der Waals surface area contributed by atoms with E-state index in [2.05, 4.69) is 36.3 Å². The van der Waals surface area contributed by atoms with Crippen molar-refractivity contribution in [3.63, 3.8) is 0 Å². The van der Waals surface area contributed by atoms with Gasteiger partial charge < -0.3 is 5.11 Å². The van der Waals surface area contributed by atoms with Crippen LogP contribution in [-0.2, 0) is 13.5 Å². The van der Waals surface area contributed by atoms with Crippen LogP contribution in [0.3, 0.4) is 0 Å². The topological polar surface area (TPSA) is 38.0 Å². The van der Waals surface area contributed by atoms with Gasteiger partial charge in [-0.25, -0.2) is 0 Å². The minimum Gasteiger partial charge on any atom is -0.400 e. The molecule has 0 fully saturated rings. The van der Waals surface area contributed by atoms with E-state index in [1.54, 1.807) is 0 Å². The summed E-state index contributed by atoms with van der Waals surface area (Å²) >= 11 is 0. The Bertz CT molecular complexity index is 436. The van der Waals surface area contributed by atoms with Gasteiger partial charge in [-0.3, -0.25) is 4.68 Å². The normalized spacial score (nSPS) is 8.78. The third kappa shape index (κ3) is 4.72. The average Bonchev–Trinajstić information content (AvgIpc) is 2.90. The first-order valence-electron chi connectivity index (χ1n) is 6.33. The monoisotopic (exact) mass is 248 g/mol. The Labute approximate surface area is 110 Å². The molecule has 1 aromatic heterocycles. The molecule has 2 rings (SSSR count). The number of aromatic nitrogens is 2. The molecule has 2 aromatic rings. The van der Waals surface area contributed by atoms with Crippen LogP contribution in [0.5, 0.6) is 0 Å². The number of hydrogen-bond donors (Lipinski definition) is 1. The van der Waals surface area contributed by atoms with E-state index in [-0.39, 0.29) is 0 Å². The summed E-state index contributed by atoms with van der Waals surface area (Å²) in [5, 5.41) is 11.4. The summed E-state index contributed by atoms with van der Waals surface area (Å²) in [4.78, 5) is 0. The smallest absolute Gasteiger partial charge is 0.0923 e. The summed E-state index contributed by atoms with van der Waals surface area (Å²) in [5.41, 5.74) is 3.60. The molecule has 1 N–H and O–H groups in total. The highest BCUT2D eigenvalue weighted by Crippen LogP contribution is 2.18. The van der Waals surface area contributed by atoms with Gasteiger partial charge in [0.25, 0.3) is 0 Å². The van der Waals surface area contributed by atoms with Crippen molar-refractivity contribution in [1.29, 1.82) is 0 Å². The lowest BCUT2D eigenvalue weighted by Crippen LogP contribution is -1.88. The molecule has 0 aliphatic carbocycles. The van der Waals surface area contributed by atoms with E-state index in [1.165, 1.54) is 11.1 Å². The summed E-state index contributed by atoms with van der Waals surface area (Å²) in [7, 11) is 2.94. The van der Waals surface area contributed by atoms with Crippen LogP contribution >= 0.6 is 0 Å². The molecule has 3 heteroatoms. The van der Waals surface area contributed by atoms with Crippen LogP contribution in [0.15, 0.2) is 36.5 Å². The van der Waals surface area contributed by atoms with Crippen LogP contribution in [0.4, 0.5) is 0 Å². The van der Waals surface area contributed by atoms with Gasteiger partial charge in [0.15, 0.2) is 0 Å². The fourth-order valence-corrected chi connectivity index (χ4v) is 1.52. The van der Waals surface area contributed by atoms with Gasteiger partial charge >= 0.3 is 0 Å². The van der Waals surface area contributed by atoms with Gasteiger partial charge in [0, 0.05) is 25.9 Å². The van der Waals surface area contributed by atoms with Gasteiger partial charge in [-0.1, -0.05) is 39.0 Å². The van der Waals surface area contributed by atoms with E-state index in [4.69, 9.17) is 5.11 Å². The first kappa shape index (κ1) is 16.4. The molecular formula is C15H24N2O. The molecule has 0 bridgehead atoms. The van der Waals surface area contributed by atoms with Crippen molar-refractivity contribution in [3.8, 4) is 11.3 Å². The molecule has 0 radical (unpaired) electrons. The zero-order valence-corrected chi connectivity index (χ0v) is 12.0. The largest absolute Gasteiger partial charge is 0.400 e. The van der Waals surface area contributed by atoms with Gasteiger partial charge in [-0.05, 0) is 24.1 Å². The predicted octanol–water partition coefficient (Wildman–Crippen LogP) is 3.28. The van der Waals surface area contributed by atoms with Gasteiger partial charge in [-0.15, -0.1) is 0 Å². The maximum absolute atomic E-state index is 7.00. The van der Waals surface area contributed by atoms with Crippen molar-refractivity contribution in [1.82, 2.24) is 9.78 Å². The van der Waals surface area contributed by atoms with Crippen molar-refractivity contribution in [2.24, 2.45) is 7.05 Å². The quantitative estimate of drug-likeness (QED) is 0.885. The summed E-state index contributed by atoms with van der Waals surface area (Å²) in [5.74, 6) is 0. The van der Waals surface area contributed by atoms with Crippen molar-refractivity contribution in [3.05, 3.63) is 42.1 Å². The Balaban J connectivity index is 0.000000659. The molecule has 3 nitrogen and oxygen atoms in total. The number of rotatable bonds is 2. The van der Waals surface area contributed by atoms with Gasteiger partial charge in [0.05, 0.1) is 5.69 Å². The minimum atomic E-state index is 1.00. The highest BCUT2D eigenvalue weighted by molar-refractivity contribution is 5.59. The lowest BCUT2D eigenvalue weighted by atomic mass is 10.1. The Morgan fingerprint density at radius 2 is 1.83 bits per heavy atom. The third-order valence-electron chi connectivity index (χ3n) is 2.34. The Kier molecular flexibility index (Phi) is 8.58. The van der Waals surface area contributed by atoms with Gasteiger partial charge in [0.1, 0.15) is 0 Å². The van der Waals surface area contributed by atoms with E-state index < -0.39 is 0 Å². The van der Waals surface area contributed by atoms with E-state index >= 15 is 0 Å². The first-order chi connectivity index (χ1) is 8.79. The van der Waals surface area contributed by atoms with Crippen LogP contribution in [0.2, 0.25) is 0 Å².